The van der Waals surface area contributed by atoms with E-state index in [0.717, 1.165) is 31.7 Å². The van der Waals surface area contributed by atoms with Crippen molar-refractivity contribution in [2.24, 2.45) is 0 Å². The summed E-state index contributed by atoms with van der Waals surface area (Å²) in [6, 6.07) is 13.3. The molecule has 0 spiro atoms. The van der Waals surface area contributed by atoms with E-state index in [1.54, 1.807) is 19.2 Å². The molecule has 0 aromatic heterocycles. The number of likely N-dealkylation sites (N-methyl/N-ethyl adjacent to an activating group) is 1. The minimum Gasteiger partial charge on any atom is -0.496 e. The summed E-state index contributed by atoms with van der Waals surface area (Å²) in [6.45, 7) is 2.04. The molecule has 0 heterocycles. The first-order valence-corrected chi connectivity index (χ1v) is 11.5. The molecule has 1 aliphatic carbocycles. The van der Waals surface area contributed by atoms with Crippen molar-refractivity contribution in [3.8, 4) is 5.75 Å². The Morgan fingerprint density at radius 1 is 1.21 bits per heavy atom. The van der Waals surface area contributed by atoms with Gasteiger partial charge in [0.15, 0.2) is 0 Å². The van der Waals surface area contributed by atoms with Gasteiger partial charge in [0, 0.05) is 13.1 Å². The van der Waals surface area contributed by atoms with E-state index in [1.165, 1.54) is 29.5 Å². The maximum atomic E-state index is 13.0. The smallest absolute Gasteiger partial charge is 0.261 e. The predicted molar refractivity (Wildman–Crippen MR) is 114 cm³/mol. The second kappa shape index (κ2) is 10.7. The van der Waals surface area contributed by atoms with Crippen LogP contribution in [0.25, 0.3) is 0 Å². The van der Waals surface area contributed by atoms with Crippen LogP contribution in [0.5, 0.6) is 5.75 Å². The number of nitrogens with zero attached hydrogens (tertiary/aromatic N) is 1. The van der Waals surface area contributed by atoms with Crippen LogP contribution in [0.15, 0.2) is 42.5 Å². The highest BCUT2D eigenvalue weighted by molar-refractivity contribution is 7.85. The lowest BCUT2D eigenvalue weighted by molar-refractivity contribution is 0.299. The van der Waals surface area contributed by atoms with Crippen LogP contribution in [0.1, 0.15) is 35.4 Å². The van der Waals surface area contributed by atoms with Gasteiger partial charge in [-0.3, -0.25) is 4.55 Å². The third-order valence-electron chi connectivity index (χ3n) is 5.04. The molecule has 5 nitrogen and oxygen atoms in total. The van der Waals surface area contributed by atoms with Crippen LogP contribution in [-0.2, 0) is 23.0 Å². The fourth-order valence-electron chi connectivity index (χ4n) is 3.73. The van der Waals surface area contributed by atoms with Crippen LogP contribution in [0.4, 0.5) is 4.39 Å². The van der Waals surface area contributed by atoms with Crippen LogP contribution in [-0.4, -0.2) is 51.4 Å². The Bertz CT molecular complexity index is 876. The van der Waals surface area contributed by atoms with Crippen molar-refractivity contribution in [2.45, 2.75) is 31.6 Å². The van der Waals surface area contributed by atoms with Gasteiger partial charge in [0.1, 0.15) is 11.6 Å². The van der Waals surface area contributed by atoms with Gasteiger partial charge in [-0.2, -0.15) is 8.42 Å². The zero-order valence-electron chi connectivity index (χ0n) is 17.3. The Labute approximate surface area is 173 Å². The van der Waals surface area contributed by atoms with Crippen molar-refractivity contribution < 1.29 is 22.1 Å². The second-order valence-corrected chi connectivity index (χ2v) is 8.95. The molecule has 0 fully saturated rings. The fourth-order valence-corrected chi connectivity index (χ4v) is 3.73. The van der Waals surface area contributed by atoms with Gasteiger partial charge in [-0.05, 0) is 73.5 Å². The first kappa shape index (κ1) is 23.3. The molecule has 0 radical (unpaired) electrons. The summed E-state index contributed by atoms with van der Waals surface area (Å²) >= 11 is 0. The summed E-state index contributed by atoms with van der Waals surface area (Å²) in [5.41, 5.74) is 4.03. The number of hydrogen-bond donors (Lipinski definition) is 1. The molecule has 2 aromatic carbocycles. The van der Waals surface area contributed by atoms with Crippen LogP contribution in [0.3, 0.4) is 0 Å². The summed E-state index contributed by atoms with van der Waals surface area (Å²) in [5.74, 6) is 1.44. The van der Waals surface area contributed by atoms with E-state index < -0.39 is 10.1 Å². The molecule has 29 heavy (non-hydrogen) atoms. The van der Waals surface area contributed by atoms with Crippen molar-refractivity contribution in [2.75, 3.05) is 33.5 Å². The Morgan fingerprint density at radius 3 is 2.48 bits per heavy atom. The monoisotopic (exact) mass is 423 g/mol. The van der Waals surface area contributed by atoms with E-state index >= 15 is 0 Å². The van der Waals surface area contributed by atoms with Gasteiger partial charge in [-0.25, -0.2) is 4.39 Å². The van der Waals surface area contributed by atoms with Crippen LogP contribution < -0.4 is 4.74 Å². The molecule has 0 saturated heterocycles. The summed E-state index contributed by atoms with van der Waals surface area (Å²) < 4.78 is 44.4. The van der Waals surface area contributed by atoms with Crippen molar-refractivity contribution in [3.05, 3.63) is 65.0 Å². The molecule has 0 amide bonds. The quantitative estimate of drug-likeness (QED) is 0.713. The molecule has 0 saturated carbocycles. The molecular weight excluding hydrogens is 393 g/mol. The Balaban J connectivity index is 0.000000537. The third-order valence-corrected chi connectivity index (χ3v) is 5.04. The molecule has 0 bridgehead atoms. The fraction of sp³-hybridized carbons (Fsp3) is 0.455. The van der Waals surface area contributed by atoms with Crippen molar-refractivity contribution in [3.63, 3.8) is 0 Å². The van der Waals surface area contributed by atoms with Gasteiger partial charge in [-0.1, -0.05) is 24.3 Å². The summed E-state index contributed by atoms with van der Waals surface area (Å²) in [5, 5.41) is 0. The van der Waals surface area contributed by atoms with Gasteiger partial charge in [-0.15, -0.1) is 0 Å². The number of ether oxygens (including phenoxy) is 1. The normalized spacial score (nSPS) is 16.0. The number of methoxy groups -OCH3 is 1. The topological polar surface area (TPSA) is 66.8 Å². The second-order valence-electron chi connectivity index (χ2n) is 7.49. The van der Waals surface area contributed by atoms with Crippen LogP contribution >= 0.6 is 0 Å². The van der Waals surface area contributed by atoms with Gasteiger partial charge in [0.25, 0.3) is 10.1 Å². The standard InChI is InChI=1S/C21H26FNO.CH4O3S/c1-23(14-13-16-9-11-18(22)12-10-16)15-17-5-3-7-20-19(17)6-4-8-21(20)24-2;1-5(2,3)4/h4,6,8-12,17H,3,5,7,13-15H2,1-2H3;1H3,(H,2,3,4). The molecule has 3 rings (SSSR count). The minimum absolute atomic E-state index is 0.167. The largest absolute Gasteiger partial charge is 0.496 e. The van der Waals surface area contributed by atoms with Crippen molar-refractivity contribution in [1.82, 2.24) is 4.90 Å². The summed E-state index contributed by atoms with van der Waals surface area (Å²) in [6.07, 6.45) is 5.25. The van der Waals surface area contributed by atoms with Gasteiger partial charge < -0.3 is 9.64 Å². The van der Waals surface area contributed by atoms with Crippen LogP contribution in [0.2, 0.25) is 0 Å². The lowest BCUT2D eigenvalue weighted by Crippen LogP contribution is -2.28. The molecule has 1 N–H and O–H groups in total. The Hall–Kier alpha value is -1.96. The van der Waals surface area contributed by atoms with E-state index in [1.807, 2.05) is 12.1 Å². The van der Waals surface area contributed by atoms with Gasteiger partial charge in [0.05, 0.1) is 13.4 Å². The number of benzene rings is 2. The first-order chi connectivity index (χ1) is 13.7. The Kier molecular flexibility index (Phi) is 8.61. The number of halogens is 1. The summed E-state index contributed by atoms with van der Waals surface area (Å²) in [7, 11) is 0.270. The lowest BCUT2D eigenvalue weighted by atomic mass is 9.82. The van der Waals surface area contributed by atoms with Crippen molar-refractivity contribution >= 4 is 10.1 Å². The predicted octanol–water partition coefficient (Wildman–Crippen LogP) is 3.93. The average molecular weight is 424 g/mol. The lowest BCUT2D eigenvalue weighted by Gasteiger charge is -2.30. The molecule has 0 aliphatic heterocycles. The van der Waals surface area contributed by atoms with E-state index in [4.69, 9.17) is 9.29 Å². The van der Waals surface area contributed by atoms with Gasteiger partial charge >= 0.3 is 0 Å². The molecule has 1 aliphatic rings. The SMILES string of the molecule is COc1cccc2c1CCCC2CN(C)CCc1ccc(F)cc1.CS(=O)(=O)O. The van der Waals surface area contributed by atoms with Gasteiger partial charge in [0.2, 0.25) is 0 Å². The van der Waals surface area contributed by atoms with Crippen LogP contribution in [0, 0.1) is 5.82 Å². The van der Waals surface area contributed by atoms with E-state index in [-0.39, 0.29) is 5.82 Å². The Morgan fingerprint density at radius 2 is 1.86 bits per heavy atom. The third kappa shape index (κ3) is 8.12. The van der Waals surface area contributed by atoms with Crippen molar-refractivity contribution in [1.29, 1.82) is 0 Å². The number of hydrogen-bond acceptors (Lipinski definition) is 4. The van der Waals surface area contributed by atoms with E-state index in [9.17, 15) is 12.8 Å². The maximum absolute atomic E-state index is 13.0. The first-order valence-electron chi connectivity index (χ1n) is 9.68. The van der Waals surface area contributed by atoms with E-state index in [0.29, 0.717) is 12.2 Å². The minimum atomic E-state index is -3.67. The zero-order valence-corrected chi connectivity index (χ0v) is 18.1. The van der Waals surface area contributed by atoms with E-state index in [2.05, 4.69) is 30.1 Å². The molecule has 1 unspecified atom stereocenters. The molecular formula is C22H30FNO4S. The number of rotatable bonds is 6. The zero-order chi connectivity index (χ0) is 21.4. The molecule has 7 heteroatoms. The molecule has 2 aromatic rings. The maximum Gasteiger partial charge on any atom is 0.261 e. The average Bonchev–Trinajstić information content (AvgIpc) is 2.66. The molecule has 1 atom stereocenters. The molecule has 160 valence electrons. The highest BCUT2D eigenvalue weighted by Crippen LogP contribution is 2.36. The number of fused-ring (bicyclic) bond motifs is 1. The highest BCUT2D eigenvalue weighted by atomic mass is 32.2. The highest BCUT2D eigenvalue weighted by Gasteiger charge is 2.23. The summed E-state index contributed by atoms with van der Waals surface area (Å²) in [4.78, 5) is 2.39.